The largest absolute Gasteiger partial charge is 0.375 e. The summed E-state index contributed by atoms with van der Waals surface area (Å²) in [6.45, 7) is 4.55. The lowest BCUT2D eigenvalue weighted by molar-refractivity contribution is 0.0889. The number of fused-ring (bicyclic) bond motifs is 2. The van der Waals surface area contributed by atoms with Crippen LogP contribution in [0.15, 0.2) is 4.79 Å². The molecular weight excluding hydrogens is 266 g/mol. The number of hydrogen-bond acceptors (Lipinski definition) is 4. The zero-order valence-corrected chi connectivity index (χ0v) is 12.6. The summed E-state index contributed by atoms with van der Waals surface area (Å²) < 4.78 is 7.35. The van der Waals surface area contributed by atoms with Crippen LogP contribution in [0.2, 0.25) is 0 Å². The SMILES string of the molecule is CCc1nn(CC2CC3CCC2O3)c(=O)c(C#N)c1CC. The van der Waals surface area contributed by atoms with Crippen LogP contribution in [0.4, 0.5) is 0 Å². The van der Waals surface area contributed by atoms with E-state index >= 15 is 0 Å². The molecule has 2 saturated heterocycles. The smallest absolute Gasteiger partial charge is 0.284 e. The summed E-state index contributed by atoms with van der Waals surface area (Å²) in [5, 5.41) is 13.8. The highest BCUT2D eigenvalue weighted by Gasteiger charge is 2.41. The standard InChI is InChI=1S/C16H21N3O2/c1-3-12-13(8-17)16(20)19(18-14(12)4-2)9-10-7-11-5-6-15(10)21-11/h10-11,15H,3-7,9H2,1-2H3. The van der Waals surface area contributed by atoms with Crippen molar-refractivity contribution in [3.8, 4) is 6.07 Å². The van der Waals surface area contributed by atoms with Gasteiger partial charge in [-0.2, -0.15) is 10.4 Å². The maximum Gasteiger partial charge on any atom is 0.284 e. The minimum absolute atomic E-state index is 0.241. The van der Waals surface area contributed by atoms with Crippen LogP contribution < -0.4 is 5.56 Å². The van der Waals surface area contributed by atoms with Crippen LogP contribution in [-0.2, 0) is 24.1 Å². The van der Waals surface area contributed by atoms with Gasteiger partial charge in [0.05, 0.1) is 24.4 Å². The van der Waals surface area contributed by atoms with Gasteiger partial charge in [-0.25, -0.2) is 4.68 Å². The van der Waals surface area contributed by atoms with Gasteiger partial charge in [-0.3, -0.25) is 4.79 Å². The number of rotatable bonds is 4. The van der Waals surface area contributed by atoms with Gasteiger partial charge < -0.3 is 4.74 Å². The normalized spacial score (nSPS) is 27.0. The second-order valence-electron chi connectivity index (χ2n) is 5.98. The Morgan fingerprint density at radius 1 is 1.38 bits per heavy atom. The number of hydrogen-bond donors (Lipinski definition) is 0. The van der Waals surface area contributed by atoms with Gasteiger partial charge in [-0.05, 0) is 37.7 Å². The van der Waals surface area contributed by atoms with Crippen molar-refractivity contribution in [1.82, 2.24) is 9.78 Å². The van der Waals surface area contributed by atoms with E-state index in [0.29, 0.717) is 25.0 Å². The van der Waals surface area contributed by atoms with Crippen LogP contribution in [0.3, 0.4) is 0 Å². The molecule has 3 heterocycles. The minimum atomic E-state index is -0.241. The second-order valence-corrected chi connectivity index (χ2v) is 5.98. The molecular formula is C16H21N3O2. The highest BCUT2D eigenvalue weighted by molar-refractivity contribution is 5.38. The van der Waals surface area contributed by atoms with Crippen molar-refractivity contribution in [3.63, 3.8) is 0 Å². The third-order valence-electron chi connectivity index (χ3n) is 4.78. The fraction of sp³-hybridized carbons (Fsp3) is 0.688. The fourth-order valence-corrected chi connectivity index (χ4v) is 3.72. The van der Waals surface area contributed by atoms with Crippen LogP contribution in [0.1, 0.15) is 49.9 Å². The van der Waals surface area contributed by atoms with Crippen molar-refractivity contribution in [2.75, 3.05) is 0 Å². The van der Waals surface area contributed by atoms with Crippen molar-refractivity contribution < 1.29 is 4.74 Å². The van der Waals surface area contributed by atoms with E-state index in [1.807, 2.05) is 13.8 Å². The number of ether oxygens (including phenoxy) is 1. The summed E-state index contributed by atoms with van der Waals surface area (Å²) in [4.78, 5) is 12.5. The average Bonchev–Trinajstić information content (AvgIpc) is 3.11. The predicted octanol–water partition coefficient (Wildman–Crippen LogP) is 1.81. The molecule has 1 aromatic heterocycles. The predicted molar refractivity (Wildman–Crippen MR) is 78.0 cm³/mol. The van der Waals surface area contributed by atoms with Gasteiger partial charge in [-0.1, -0.05) is 13.8 Å². The van der Waals surface area contributed by atoms with E-state index in [1.54, 1.807) is 0 Å². The Morgan fingerprint density at radius 3 is 2.71 bits per heavy atom. The molecule has 5 nitrogen and oxygen atoms in total. The lowest BCUT2D eigenvalue weighted by Crippen LogP contribution is -2.33. The third-order valence-corrected chi connectivity index (χ3v) is 4.78. The van der Waals surface area contributed by atoms with E-state index in [2.05, 4.69) is 11.2 Å². The van der Waals surface area contributed by atoms with Crippen molar-refractivity contribution in [2.24, 2.45) is 5.92 Å². The first kappa shape index (κ1) is 14.3. The Balaban J connectivity index is 1.95. The molecule has 2 fully saturated rings. The van der Waals surface area contributed by atoms with Gasteiger partial charge in [-0.15, -0.1) is 0 Å². The average molecular weight is 287 g/mol. The van der Waals surface area contributed by atoms with Gasteiger partial charge in [0.1, 0.15) is 11.6 Å². The number of aryl methyl sites for hydroxylation is 1. The molecule has 0 aromatic carbocycles. The molecule has 0 N–H and O–H groups in total. The van der Waals surface area contributed by atoms with Crippen LogP contribution in [-0.4, -0.2) is 22.0 Å². The molecule has 2 aliphatic heterocycles. The summed E-state index contributed by atoms with van der Waals surface area (Å²) in [5.41, 5.74) is 1.71. The number of nitrogens with zero attached hydrogens (tertiary/aromatic N) is 3. The van der Waals surface area contributed by atoms with Crippen molar-refractivity contribution in [1.29, 1.82) is 5.26 Å². The molecule has 2 aliphatic rings. The first-order valence-corrected chi connectivity index (χ1v) is 7.86. The van der Waals surface area contributed by atoms with E-state index < -0.39 is 0 Å². The van der Waals surface area contributed by atoms with E-state index in [1.165, 1.54) is 4.68 Å². The molecule has 0 aliphatic carbocycles. The molecule has 3 atom stereocenters. The van der Waals surface area contributed by atoms with E-state index in [4.69, 9.17) is 4.74 Å². The summed E-state index contributed by atoms with van der Waals surface area (Å²) in [7, 11) is 0. The van der Waals surface area contributed by atoms with Gasteiger partial charge >= 0.3 is 0 Å². The highest BCUT2D eigenvalue weighted by atomic mass is 16.5. The van der Waals surface area contributed by atoms with Gasteiger partial charge in [0.25, 0.3) is 5.56 Å². The Hall–Kier alpha value is -1.67. The quantitative estimate of drug-likeness (QED) is 0.847. The summed E-state index contributed by atoms with van der Waals surface area (Å²) in [6.07, 6.45) is 5.29. The van der Waals surface area contributed by atoms with Crippen LogP contribution in [0.25, 0.3) is 0 Å². The summed E-state index contributed by atoms with van der Waals surface area (Å²) in [6, 6.07) is 2.08. The molecule has 0 amide bonds. The van der Waals surface area contributed by atoms with Gasteiger partial charge in [0, 0.05) is 5.92 Å². The number of nitriles is 1. The molecule has 0 radical (unpaired) electrons. The van der Waals surface area contributed by atoms with Crippen molar-refractivity contribution >= 4 is 0 Å². The van der Waals surface area contributed by atoms with Crippen molar-refractivity contribution in [2.45, 2.75) is 64.7 Å². The molecule has 112 valence electrons. The Kier molecular flexibility index (Phi) is 3.81. The molecule has 1 aromatic rings. The Bertz CT molecular complexity index is 644. The second kappa shape index (κ2) is 5.61. The first-order chi connectivity index (χ1) is 10.2. The zero-order valence-electron chi connectivity index (χ0n) is 12.6. The fourth-order valence-electron chi connectivity index (χ4n) is 3.72. The lowest BCUT2D eigenvalue weighted by Gasteiger charge is -2.20. The highest BCUT2D eigenvalue weighted by Crippen LogP contribution is 2.39. The van der Waals surface area contributed by atoms with E-state index in [9.17, 15) is 10.1 Å². The molecule has 3 rings (SSSR count). The number of aromatic nitrogens is 2. The first-order valence-electron chi connectivity index (χ1n) is 7.86. The molecule has 21 heavy (non-hydrogen) atoms. The summed E-state index contributed by atoms with van der Waals surface area (Å²) in [5.74, 6) is 0.359. The van der Waals surface area contributed by atoms with Crippen LogP contribution in [0.5, 0.6) is 0 Å². The molecule has 3 unspecified atom stereocenters. The molecule has 0 spiro atoms. The van der Waals surface area contributed by atoms with Crippen LogP contribution >= 0.6 is 0 Å². The molecule has 5 heteroatoms. The van der Waals surface area contributed by atoms with Crippen molar-refractivity contribution in [3.05, 3.63) is 27.2 Å². The topological polar surface area (TPSA) is 67.9 Å². The Morgan fingerprint density at radius 2 is 2.19 bits per heavy atom. The zero-order chi connectivity index (χ0) is 15.0. The van der Waals surface area contributed by atoms with E-state index in [-0.39, 0.29) is 17.2 Å². The maximum atomic E-state index is 12.5. The van der Waals surface area contributed by atoms with Crippen LogP contribution in [0, 0.1) is 17.2 Å². The molecule has 2 bridgehead atoms. The third kappa shape index (κ3) is 2.38. The lowest BCUT2D eigenvalue weighted by atomic mass is 9.89. The van der Waals surface area contributed by atoms with E-state index in [0.717, 1.165) is 36.9 Å². The summed E-state index contributed by atoms with van der Waals surface area (Å²) >= 11 is 0. The maximum absolute atomic E-state index is 12.5. The Labute approximate surface area is 124 Å². The van der Waals surface area contributed by atoms with Gasteiger partial charge in [0.2, 0.25) is 0 Å². The van der Waals surface area contributed by atoms with Gasteiger partial charge in [0.15, 0.2) is 0 Å². The minimum Gasteiger partial charge on any atom is -0.375 e. The molecule has 0 saturated carbocycles. The monoisotopic (exact) mass is 287 g/mol.